The zero-order chi connectivity index (χ0) is 13.5. The highest BCUT2D eigenvalue weighted by atomic mass is 16.5. The lowest BCUT2D eigenvalue weighted by molar-refractivity contribution is 0.0876. The van der Waals surface area contributed by atoms with Crippen molar-refractivity contribution in [3.63, 3.8) is 0 Å². The Morgan fingerprint density at radius 3 is 2.56 bits per heavy atom. The van der Waals surface area contributed by atoms with Crippen LogP contribution in [0.15, 0.2) is 0 Å². The number of rotatable bonds is 7. The molecule has 1 N–H and O–H groups in total. The topological polar surface area (TPSA) is 24.5 Å². The van der Waals surface area contributed by atoms with Gasteiger partial charge in [-0.25, -0.2) is 0 Å². The maximum atomic E-state index is 5.20. The third kappa shape index (κ3) is 4.52. The molecule has 3 nitrogen and oxygen atoms in total. The average molecular weight is 256 g/mol. The highest BCUT2D eigenvalue weighted by molar-refractivity contribution is 4.88. The quantitative estimate of drug-likeness (QED) is 0.756. The summed E-state index contributed by atoms with van der Waals surface area (Å²) in [6.45, 7) is 11.3. The fraction of sp³-hybridized carbons (Fsp3) is 1.00. The second kappa shape index (κ2) is 8.13. The van der Waals surface area contributed by atoms with Gasteiger partial charge < -0.3 is 15.0 Å². The summed E-state index contributed by atoms with van der Waals surface area (Å²) in [7, 11) is 3.91. The van der Waals surface area contributed by atoms with Crippen LogP contribution < -0.4 is 5.32 Å². The van der Waals surface area contributed by atoms with Gasteiger partial charge in [0.1, 0.15) is 0 Å². The van der Waals surface area contributed by atoms with E-state index in [1.807, 2.05) is 0 Å². The molecular formula is C15H32N2O. The molecule has 4 atom stereocenters. The molecule has 0 spiro atoms. The first-order valence-corrected chi connectivity index (χ1v) is 7.50. The van der Waals surface area contributed by atoms with Crippen LogP contribution in [0, 0.1) is 17.8 Å². The molecule has 108 valence electrons. The van der Waals surface area contributed by atoms with Crippen molar-refractivity contribution in [1.29, 1.82) is 0 Å². The van der Waals surface area contributed by atoms with Crippen molar-refractivity contribution < 1.29 is 4.74 Å². The van der Waals surface area contributed by atoms with E-state index in [9.17, 15) is 0 Å². The number of hydrogen-bond donors (Lipinski definition) is 1. The summed E-state index contributed by atoms with van der Waals surface area (Å²) in [6.07, 6.45) is 2.71. The molecule has 0 amide bonds. The Bertz CT molecular complexity index is 223. The smallest absolute Gasteiger partial charge is 0.0589 e. The minimum atomic E-state index is 0.681. The van der Waals surface area contributed by atoms with Crippen molar-refractivity contribution in [3.05, 3.63) is 0 Å². The third-order valence-corrected chi connectivity index (χ3v) is 4.58. The Kier molecular flexibility index (Phi) is 7.20. The number of nitrogens with zero attached hydrogens (tertiary/aromatic N) is 1. The fourth-order valence-corrected chi connectivity index (χ4v) is 3.45. The Morgan fingerprint density at radius 2 is 2.00 bits per heavy atom. The Balaban J connectivity index is 2.54. The lowest BCUT2D eigenvalue weighted by Crippen LogP contribution is -2.48. The molecule has 0 aromatic carbocycles. The molecule has 0 aromatic rings. The summed E-state index contributed by atoms with van der Waals surface area (Å²) in [6, 6.07) is 0.681. The molecule has 0 radical (unpaired) electrons. The van der Waals surface area contributed by atoms with Gasteiger partial charge in [-0.2, -0.15) is 0 Å². The summed E-state index contributed by atoms with van der Waals surface area (Å²) in [5, 5.41) is 3.54. The van der Waals surface area contributed by atoms with E-state index in [1.165, 1.54) is 19.4 Å². The molecule has 0 aliphatic heterocycles. The van der Waals surface area contributed by atoms with Crippen LogP contribution >= 0.6 is 0 Å². The molecule has 1 fully saturated rings. The van der Waals surface area contributed by atoms with Crippen LogP contribution in [-0.2, 0) is 4.74 Å². The van der Waals surface area contributed by atoms with Crippen LogP contribution in [-0.4, -0.2) is 51.3 Å². The van der Waals surface area contributed by atoms with Crippen molar-refractivity contribution >= 4 is 0 Å². The average Bonchev–Trinajstić information content (AvgIpc) is 2.36. The molecule has 18 heavy (non-hydrogen) atoms. The van der Waals surface area contributed by atoms with E-state index in [0.717, 1.165) is 37.5 Å². The number of methoxy groups -OCH3 is 1. The van der Waals surface area contributed by atoms with E-state index in [0.29, 0.717) is 6.04 Å². The van der Waals surface area contributed by atoms with Gasteiger partial charge in [-0.05, 0) is 44.2 Å². The summed E-state index contributed by atoms with van der Waals surface area (Å²) < 4.78 is 5.20. The second-order valence-electron chi connectivity index (χ2n) is 6.00. The van der Waals surface area contributed by atoms with Crippen LogP contribution in [0.1, 0.15) is 33.6 Å². The van der Waals surface area contributed by atoms with Gasteiger partial charge in [0.15, 0.2) is 0 Å². The third-order valence-electron chi connectivity index (χ3n) is 4.58. The molecule has 0 aromatic heterocycles. The predicted octanol–water partition coefficient (Wildman–Crippen LogP) is 2.22. The molecule has 1 aliphatic rings. The largest absolute Gasteiger partial charge is 0.383 e. The number of hydrogen-bond acceptors (Lipinski definition) is 3. The summed E-state index contributed by atoms with van der Waals surface area (Å²) in [5.74, 6) is 2.47. The van der Waals surface area contributed by atoms with Gasteiger partial charge in [0.25, 0.3) is 0 Å². The highest BCUT2D eigenvalue weighted by Gasteiger charge is 2.33. The Labute approximate surface area is 113 Å². The first kappa shape index (κ1) is 15.9. The van der Waals surface area contributed by atoms with Crippen LogP contribution in [0.3, 0.4) is 0 Å². The van der Waals surface area contributed by atoms with Crippen molar-refractivity contribution in [2.45, 2.75) is 39.7 Å². The molecule has 0 saturated heterocycles. The van der Waals surface area contributed by atoms with E-state index in [2.05, 4.69) is 38.0 Å². The molecule has 3 heteroatoms. The Morgan fingerprint density at radius 1 is 1.28 bits per heavy atom. The zero-order valence-corrected chi connectivity index (χ0v) is 12.9. The van der Waals surface area contributed by atoms with E-state index in [1.54, 1.807) is 7.11 Å². The first-order chi connectivity index (χ1) is 8.62. The van der Waals surface area contributed by atoms with Gasteiger partial charge >= 0.3 is 0 Å². The molecule has 4 unspecified atom stereocenters. The fourth-order valence-electron chi connectivity index (χ4n) is 3.45. The van der Waals surface area contributed by atoms with E-state index < -0.39 is 0 Å². The van der Waals surface area contributed by atoms with Crippen LogP contribution in [0.25, 0.3) is 0 Å². The summed E-state index contributed by atoms with van der Waals surface area (Å²) in [4.78, 5) is 2.53. The van der Waals surface area contributed by atoms with Crippen molar-refractivity contribution in [2.75, 3.05) is 40.4 Å². The van der Waals surface area contributed by atoms with Crippen LogP contribution in [0.2, 0.25) is 0 Å². The van der Waals surface area contributed by atoms with E-state index >= 15 is 0 Å². The first-order valence-electron chi connectivity index (χ1n) is 7.50. The zero-order valence-electron chi connectivity index (χ0n) is 12.9. The van der Waals surface area contributed by atoms with Gasteiger partial charge in [-0.1, -0.05) is 20.8 Å². The maximum Gasteiger partial charge on any atom is 0.0589 e. The lowest BCUT2D eigenvalue weighted by Gasteiger charge is -2.42. The molecule has 0 bridgehead atoms. The number of likely N-dealkylation sites (N-methyl/N-ethyl adjacent to an activating group) is 1. The molecule has 0 heterocycles. The minimum Gasteiger partial charge on any atom is -0.383 e. The number of nitrogens with one attached hydrogen (secondary N) is 1. The second-order valence-corrected chi connectivity index (χ2v) is 6.00. The SMILES string of the molecule is CCN(CCOC)CC1C(C)CC(C)CC1NC. The molecule has 1 aliphatic carbocycles. The van der Waals surface area contributed by atoms with Crippen molar-refractivity contribution in [3.8, 4) is 0 Å². The van der Waals surface area contributed by atoms with Gasteiger partial charge in [0.2, 0.25) is 0 Å². The standard InChI is InChI=1S/C15H32N2O/c1-6-17(7-8-18-5)11-14-13(3)9-12(2)10-15(14)16-4/h12-16H,6-11H2,1-5H3. The minimum absolute atomic E-state index is 0.681. The van der Waals surface area contributed by atoms with Gasteiger partial charge in [0.05, 0.1) is 6.61 Å². The highest BCUT2D eigenvalue weighted by Crippen LogP contribution is 2.34. The van der Waals surface area contributed by atoms with Gasteiger partial charge in [0, 0.05) is 26.2 Å². The summed E-state index contributed by atoms with van der Waals surface area (Å²) >= 11 is 0. The Hall–Kier alpha value is -0.120. The normalized spacial score (nSPS) is 33.0. The van der Waals surface area contributed by atoms with Crippen molar-refractivity contribution in [2.24, 2.45) is 17.8 Å². The number of ether oxygens (including phenoxy) is 1. The van der Waals surface area contributed by atoms with Crippen LogP contribution in [0.5, 0.6) is 0 Å². The van der Waals surface area contributed by atoms with E-state index in [4.69, 9.17) is 4.74 Å². The van der Waals surface area contributed by atoms with Gasteiger partial charge in [-0.15, -0.1) is 0 Å². The molecule has 1 rings (SSSR count). The van der Waals surface area contributed by atoms with E-state index in [-0.39, 0.29) is 0 Å². The molecule has 1 saturated carbocycles. The van der Waals surface area contributed by atoms with Gasteiger partial charge in [-0.3, -0.25) is 0 Å². The monoisotopic (exact) mass is 256 g/mol. The predicted molar refractivity (Wildman–Crippen MR) is 77.9 cm³/mol. The lowest BCUT2D eigenvalue weighted by atomic mass is 9.72. The maximum absolute atomic E-state index is 5.20. The summed E-state index contributed by atoms with van der Waals surface area (Å²) in [5.41, 5.74) is 0. The molecular weight excluding hydrogens is 224 g/mol. The van der Waals surface area contributed by atoms with Crippen LogP contribution in [0.4, 0.5) is 0 Å². The van der Waals surface area contributed by atoms with Crippen molar-refractivity contribution in [1.82, 2.24) is 10.2 Å².